The second-order valence-electron chi connectivity index (χ2n) is 3.83. The van der Waals surface area contributed by atoms with Gasteiger partial charge in [0, 0.05) is 20.5 Å². The summed E-state index contributed by atoms with van der Waals surface area (Å²) in [6.45, 7) is 4.53. The zero-order valence-corrected chi connectivity index (χ0v) is 13.0. The first-order valence-corrected chi connectivity index (χ1v) is 7.16. The van der Waals surface area contributed by atoms with Gasteiger partial charge in [-0.15, -0.1) is 0 Å². The zero-order chi connectivity index (χ0) is 9.84. The fraction of sp³-hybridized carbons (Fsp3) is 0.273. The number of hydrogen-bond donors (Lipinski definition) is 0. The topological polar surface area (TPSA) is 0 Å². The van der Waals surface area contributed by atoms with Crippen molar-refractivity contribution in [3.05, 3.63) is 41.5 Å². The molecule has 0 heterocycles. The molecule has 0 aliphatic rings. The lowest BCUT2D eigenvalue weighted by atomic mass is 10.0. The van der Waals surface area contributed by atoms with Crippen molar-refractivity contribution in [1.29, 1.82) is 0 Å². The Bertz CT molecular complexity index is 299. The monoisotopic (exact) mass is 206 g/mol. The van der Waals surface area contributed by atoms with Gasteiger partial charge in [-0.25, -0.2) is 0 Å². The molecule has 0 bridgehead atoms. The van der Waals surface area contributed by atoms with Crippen molar-refractivity contribution in [3.8, 4) is 0 Å². The normalized spacial score (nSPS) is 15.5. The molecule has 0 fully saturated rings. The molecule has 0 atom stereocenters. The molecule has 0 amide bonds. The number of hydrogen-bond acceptors (Lipinski definition) is 0. The van der Waals surface area contributed by atoms with E-state index in [0.29, 0.717) is 0 Å². The van der Waals surface area contributed by atoms with Gasteiger partial charge in [0.25, 0.3) is 0 Å². The van der Waals surface area contributed by atoms with Crippen LogP contribution in [0.2, 0.25) is 5.16 Å². The summed E-state index contributed by atoms with van der Waals surface area (Å²) in [5.41, 5.74) is 4.47. The first-order chi connectivity index (χ1) is 6.13. The van der Waals surface area contributed by atoms with Crippen LogP contribution in [0.3, 0.4) is 0 Å². The minimum absolute atomic E-state index is 0.917. The Labute approximate surface area is 86.9 Å². The minimum atomic E-state index is 0.917. The Balaban J connectivity index is 3.03. The lowest BCUT2D eigenvalue weighted by Gasteiger charge is -2.11. The summed E-state index contributed by atoms with van der Waals surface area (Å²) in [6.07, 6.45) is 0. The molecular weight excluding hydrogens is 188 g/mol. The second-order valence-corrected chi connectivity index (χ2v) is 9.60. The summed E-state index contributed by atoms with van der Waals surface area (Å²) in [4.78, 5) is 0. The molecule has 1 rings (SSSR count). The summed E-state index contributed by atoms with van der Waals surface area (Å²) in [5, 5.41) is 0.917. The molecule has 13 heavy (non-hydrogen) atoms. The largest absolute Gasteiger partial charge is 0.0737 e. The Hall–Kier alpha value is -0.606. The van der Waals surface area contributed by atoms with Crippen molar-refractivity contribution >= 4 is 26.1 Å². The van der Waals surface area contributed by atoms with E-state index in [-0.39, 0.29) is 0 Å². The van der Waals surface area contributed by atoms with Crippen LogP contribution in [0.4, 0.5) is 0 Å². The summed E-state index contributed by atoms with van der Waals surface area (Å²) in [6, 6.07) is 10.7. The molecule has 0 aromatic heterocycles. The van der Waals surface area contributed by atoms with Crippen molar-refractivity contribution in [1.82, 2.24) is 0 Å². The predicted octanol–water partition coefficient (Wildman–Crippen LogP) is 0.957. The first-order valence-electron chi connectivity index (χ1n) is 4.85. The SMILES string of the molecule is CC(=C(C)C([SiH3])[SiH3])c1ccccc1. The van der Waals surface area contributed by atoms with Gasteiger partial charge in [0.2, 0.25) is 0 Å². The van der Waals surface area contributed by atoms with Crippen LogP contribution in [0.15, 0.2) is 35.9 Å². The summed E-state index contributed by atoms with van der Waals surface area (Å²) < 4.78 is 0. The molecule has 70 valence electrons. The lowest BCUT2D eigenvalue weighted by Crippen LogP contribution is -1.95. The van der Waals surface area contributed by atoms with Gasteiger partial charge in [-0.05, 0) is 30.1 Å². The van der Waals surface area contributed by atoms with Gasteiger partial charge in [0.15, 0.2) is 0 Å². The van der Waals surface area contributed by atoms with Crippen molar-refractivity contribution in [3.63, 3.8) is 0 Å². The van der Waals surface area contributed by atoms with Crippen LogP contribution in [0.1, 0.15) is 19.4 Å². The van der Waals surface area contributed by atoms with Crippen molar-refractivity contribution in [2.24, 2.45) is 0 Å². The standard InChI is InChI=1S/C11H18Si2/c1-8(9(2)11(12)13)10-6-4-3-5-7-10/h3-7,11H,1-2,12-13H3. The first kappa shape index (κ1) is 10.5. The van der Waals surface area contributed by atoms with Crippen LogP contribution in [0.5, 0.6) is 0 Å². The van der Waals surface area contributed by atoms with E-state index in [1.54, 1.807) is 5.57 Å². The van der Waals surface area contributed by atoms with E-state index in [1.807, 2.05) is 0 Å². The second kappa shape index (κ2) is 4.58. The summed E-state index contributed by atoms with van der Waals surface area (Å²) in [7, 11) is 2.61. The van der Waals surface area contributed by atoms with Gasteiger partial charge in [0.1, 0.15) is 0 Å². The van der Waals surface area contributed by atoms with E-state index in [2.05, 4.69) is 44.2 Å². The third kappa shape index (κ3) is 2.67. The molecule has 0 saturated carbocycles. The van der Waals surface area contributed by atoms with E-state index < -0.39 is 0 Å². The lowest BCUT2D eigenvalue weighted by molar-refractivity contribution is 1.29. The van der Waals surface area contributed by atoms with E-state index >= 15 is 0 Å². The summed E-state index contributed by atoms with van der Waals surface area (Å²) in [5.74, 6) is 0. The van der Waals surface area contributed by atoms with Crippen LogP contribution < -0.4 is 0 Å². The van der Waals surface area contributed by atoms with E-state index in [9.17, 15) is 0 Å². The van der Waals surface area contributed by atoms with Gasteiger partial charge in [-0.2, -0.15) is 0 Å². The van der Waals surface area contributed by atoms with Gasteiger partial charge in [-0.3, -0.25) is 0 Å². The third-order valence-corrected chi connectivity index (χ3v) is 4.40. The van der Waals surface area contributed by atoms with Gasteiger partial charge in [0.05, 0.1) is 0 Å². The Kier molecular flexibility index (Phi) is 3.69. The van der Waals surface area contributed by atoms with Crippen LogP contribution in [0, 0.1) is 0 Å². The molecular formula is C11H18Si2. The fourth-order valence-corrected chi connectivity index (χ4v) is 2.21. The average Bonchev–Trinajstić information content (AvgIpc) is 2.17. The van der Waals surface area contributed by atoms with Crippen LogP contribution in [0.25, 0.3) is 5.57 Å². The van der Waals surface area contributed by atoms with Crippen molar-refractivity contribution in [2.45, 2.75) is 19.0 Å². The molecule has 0 radical (unpaired) electrons. The van der Waals surface area contributed by atoms with Gasteiger partial charge >= 0.3 is 0 Å². The molecule has 0 aliphatic heterocycles. The highest BCUT2D eigenvalue weighted by atomic mass is 28.2. The molecule has 0 aliphatic carbocycles. The maximum absolute atomic E-state index is 2.28. The maximum atomic E-state index is 2.28. The predicted molar refractivity (Wildman–Crippen MR) is 68.3 cm³/mol. The molecule has 0 N–H and O–H groups in total. The molecule has 2 heteroatoms. The summed E-state index contributed by atoms with van der Waals surface area (Å²) >= 11 is 0. The Morgan fingerprint density at radius 1 is 1.08 bits per heavy atom. The van der Waals surface area contributed by atoms with Gasteiger partial charge < -0.3 is 0 Å². The molecule has 0 spiro atoms. The smallest absolute Gasteiger partial charge is 0.00740 e. The Morgan fingerprint density at radius 3 is 2.08 bits per heavy atom. The molecule has 0 nitrogen and oxygen atoms in total. The third-order valence-electron chi connectivity index (χ3n) is 2.66. The number of rotatable bonds is 2. The molecule has 0 saturated heterocycles. The molecule has 0 unspecified atom stereocenters. The van der Waals surface area contributed by atoms with E-state index in [1.165, 1.54) is 31.6 Å². The maximum Gasteiger partial charge on any atom is 0.00740 e. The van der Waals surface area contributed by atoms with Gasteiger partial charge in [-0.1, -0.05) is 35.9 Å². The molecule has 1 aromatic carbocycles. The highest BCUT2D eigenvalue weighted by Gasteiger charge is 2.02. The van der Waals surface area contributed by atoms with E-state index in [4.69, 9.17) is 0 Å². The highest BCUT2D eigenvalue weighted by Crippen LogP contribution is 2.22. The van der Waals surface area contributed by atoms with Crippen LogP contribution >= 0.6 is 0 Å². The van der Waals surface area contributed by atoms with Crippen LogP contribution in [-0.2, 0) is 0 Å². The van der Waals surface area contributed by atoms with Crippen molar-refractivity contribution < 1.29 is 0 Å². The highest BCUT2D eigenvalue weighted by molar-refractivity contribution is 6.37. The van der Waals surface area contributed by atoms with Crippen molar-refractivity contribution in [2.75, 3.05) is 0 Å². The fourth-order valence-electron chi connectivity index (χ4n) is 1.35. The number of benzene rings is 1. The minimum Gasteiger partial charge on any atom is -0.0737 e. The molecule has 1 aromatic rings. The average molecular weight is 206 g/mol. The Morgan fingerprint density at radius 2 is 1.62 bits per heavy atom. The van der Waals surface area contributed by atoms with E-state index in [0.717, 1.165) is 5.16 Å². The number of allylic oxidation sites excluding steroid dienone is 2. The van der Waals surface area contributed by atoms with Crippen LogP contribution in [-0.4, -0.2) is 20.5 Å². The quantitative estimate of drug-likeness (QED) is 0.632. The zero-order valence-electron chi connectivity index (χ0n) is 8.96.